The molecule has 2 aromatic rings. The number of nitrogens with zero attached hydrogens (tertiary/aromatic N) is 2. The van der Waals surface area contributed by atoms with Crippen molar-refractivity contribution in [1.29, 1.82) is 0 Å². The van der Waals surface area contributed by atoms with Crippen molar-refractivity contribution < 1.29 is 32.4 Å². The third-order valence-corrected chi connectivity index (χ3v) is 6.56. The molecule has 1 aliphatic heterocycles. The number of rotatable bonds is 5. The number of benzene rings is 1. The van der Waals surface area contributed by atoms with Crippen molar-refractivity contribution in [3.8, 4) is 11.3 Å². The van der Waals surface area contributed by atoms with Crippen LogP contribution < -0.4 is 5.32 Å². The molecule has 32 heavy (non-hydrogen) atoms. The molecule has 1 aromatic heterocycles. The highest BCUT2D eigenvalue weighted by Gasteiger charge is 2.40. The van der Waals surface area contributed by atoms with Crippen LogP contribution >= 0.6 is 0 Å². The predicted octanol–water partition coefficient (Wildman–Crippen LogP) is 3.45. The summed E-state index contributed by atoms with van der Waals surface area (Å²) in [6.45, 7) is 3.18. The number of carbonyl (C=O) groups is 2. The normalized spacial score (nSPS) is 26.2. The van der Waals surface area contributed by atoms with Crippen LogP contribution in [-0.4, -0.2) is 52.2 Å². The zero-order valence-electron chi connectivity index (χ0n) is 17.5. The van der Waals surface area contributed by atoms with Crippen molar-refractivity contribution in [2.45, 2.75) is 44.7 Å². The fourth-order valence-corrected chi connectivity index (χ4v) is 4.89. The first-order valence-corrected chi connectivity index (χ1v) is 10.6. The monoisotopic (exact) mass is 451 g/mol. The van der Waals surface area contributed by atoms with Crippen molar-refractivity contribution in [2.75, 3.05) is 13.1 Å². The third kappa shape index (κ3) is 4.36. The van der Waals surface area contributed by atoms with E-state index in [9.17, 15) is 27.9 Å². The van der Waals surface area contributed by atoms with E-state index in [1.165, 1.54) is 0 Å². The van der Waals surface area contributed by atoms with Crippen molar-refractivity contribution >= 4 is 11.9 Å². The first-order valence-electron chi connectivity index (χ1n) is 10.6. The molecular weight excluding hydrogens is 427 g/mol. The molecule has 172 valence electrons. The van der Waals surface area contributed by atoms with Gasteiger partial charge in [0, 0.05) is 43.4 Å². The largest absolute Gasteiger partial charge is 0.481 e. The highest BCUT2D eigenvalue weighted by molar-refractivity contribution is 5.93. The number of hydrogen-bond donors (Lipinski definition) is 2. The van der Waals surface area contributed by atoms with Crippen LogP contribution in [0.3, 0.4) is 0 Å². The van der Waals surface area contributed by atoms with E-state index in [4.69, 9.17) is 4.52 Å². The van der Waals surface area contributed by atoms with E-state index in [-0.39, 0.29) is 11.5 Å². The van der Waals surface area contributed by atoms with E-state index >= 15 is 0 Å². The molecule has 1 saturated heterocycles. The first kappa shape index (κ1) is 22.3. The summed E-state index contributed by atoms with van der Waals surface area (Å²) in [5, 5.41) is 16.0. The fraction of sp³-hybridized carbons (Fsp3) is 0.500. The van der Waals surface area contributed by atoms with Crippen LogP contribution in [0.2, 0.25) is 0 Å². The second-order valence-electron chi connectivity index (χ2n) is 8.60. The molecule has 4 atom stereocenters. The van der Waals surface area contributed by atoms with Gasteiger partial charge in [0.05, 0.1) is 11.5 Å². The summed E-state index contributed by atoms with van der Waals surface area (Å²) in [6, 6.07) is 1.77. The average molecular weight is 451 g/mol. The number of halogens is 3. The van der Waals surface area contributed by atoms with E-state index in [0.29, 0.717) is 43.6 Å². The second-order valence-corrected chi connectivity index (χ2v) is 8.60. The molecule has 10 heteroatoms. The van der Waals surface area contributed by atoms with Crippen molar-refractivity contribution in [3.05, 3.63) is 41.3 Å². The maximum Gasteiger partial charge on any atom is 0.309 e. The molecule has 1 amide bonds. The van der Waals surface area contributed by atoms with Gasteiger partial charge in [-0.3, -0.25) is 14.5 Å². The van der Waals surface area contributed by atoms with Crippen LogP contribution in [0.5, 0.6) is 0 Å². The van der Waals surface area contributed by atoms with Crippen LogP contribution in [0.4, 0.5) is 13.2 Å². The smallest absolute Gasteiger partial charge is 0.309 e. The number of carboxylic acid groups (broad SMARTS) is 1. The summed E-state index contributed by atoms with van der Waals surface area (Å²) in [4.78, 5) is 26.7. The molecule has 1 aliphatic carbocycles. The van der Waals surface area contributed by atoms with Crippen LogP contribution in [0.15, 0.2) is 22.7 Å². The van der Waals surface area contributed by atoms with E-state index in [0.717, 1.165) is 25.3 Å². The Labute approximate surface area is 182 Å². The number of hydrogen-bond acceptors (Lipinski definition) is 5. The van der Waals surface area contributed by atoms with Gasteiger partial charge in [0.2, 0.25) is 0 Å². The molecule has 0 radical (unpaired) electrons. The molecule has 7 nitrogen and oxygen atoms in total. The zero-order valence-corrected chi connectivity index (χ0v) is 17.5. The van der Waals surface area contributed by atoms with E-state index < -0.39 is 46.9 Å². The summed E-state index contributed by atoms with van der Waals surface area (Å²) in [5.41, 5.74) is -0.889. The topological polar surface area (TPSA) is 95.7 Å². The molecule has 2 heterocycles. The summed E-state index contributed by atoms with van der Waals surface area (Å²) in [5.74, 6) is -5.82. The maximum absolute atomic E-state index is 14.0. The van der Waals surface area contributed by atoms with Crippen molar-refractivity contribution in [2.24, 2.45) is 11.8 Å². The quantitative estimate of drug-likeness (QED) is 0.723. The highest BCUT2D eigenvalue weighted by Crippen LogP contribution is 2.33. The summed E-state index contributed by atoms with van der Waals surface area (Å²) < 4.78 is 46.0. The maximum atomic E-state index is 14.0. The Morgan fingerprint density at radius 3 is 2.50 bits per heavy atom. The Bertz CT molecular complexity index is 1000. The minimum absolute atomic E-state index is 0.251. The minimum atomic E-state index is -1.19. The number of carboxylic acids is 1. The number of nitrogens with one attached hydrogen (secondary N) is 1. The Morgan fingerprint density at radius 1 is 1.16 bits per heavy atom. The lowest BCUT2D eigenvalue weighted by Gasteiger charge is -2.41. The summed E-state index contributed by atoms with van der Waals surface area (Å²) in [6.07, 6.45) is 3.76. The van der Waals surface area contributed by atoms with E-state index in [2.05, 4.69) is 22.3 Å². The fourth-order valence-electron chi connectivity index (χ4n) is 4.89. The lowest BCUT2D eigenvalue weighted by atomic mass is 9.89. The van der Waals surface area contributed by atoms with Gasteiger partial charge in [-0.2, -0.15) is 0 Å². The van der Waals surface area contributed by atoms with Gasteiger partial charge in [-0.1, -0.05) is 18.5 Å². The SMILES string of the molecule is C[C@@H]1CCC[C@@H]1N1CC[C@H](NC(=O)c2cc(-c3c(F)cc(F)cc3F)on2)[C@@H](C(=O)O)C1. The van der Waals surface area contributed by atoms with E-state index in [1.807, 2.05) is 0 Å². The second kappa shape index (κ2) is 8.93. The van der Waals surface area contributed by atoms with Gasteiger partial charge in [-0.15, -0.1) is 0 Å². The summed E-state index contributed by atoms with van der Waals surface area (Å²) in [7, 11) is 0. The highest BCUT2D eigenvalue weighted by atomic mass is 19.1. The first-order chi connectivity index (χ1) is 15.2. The van der Waals surface area contributed by atoms with Crippen molar-refractivity contribution in [1.82, 2.24) is 15.4 Å². The molecule has 2 N–H and O–H groups in total. The van der Waals surface area contributed by atoms with E-state index in [1.54, 1.807) is 0 Å². The van der Waals surface area contributed by atoms with Gasteiger partial charge in [0.25, 0.3) is 5.91 Å². The van der Waals surface area contributed by atoms with Gasteiger partial charge in [-0.05, 0) is 25.2 Å². The van der Waals surface area contributed by atoms with Crippen LogP contribution in [0.25, 0.3) is 11.3 Å². The molecule has 1 saturated carbocycles. The van der Waals surface area contributed by atoms with Gasteiger partial charge in [0.15, 0.2) is 11.5 Å². The lowest BCUT2D eigenvalue weighted by Crippen LogP contribution is -2.56. The number of aromatic nitrogens is 1. The molecule has 2 fully saturated rings. The molecule has 4 rings (SSSR count). The minimum Gasteiger partial charge on any atom is -0.481 e. The van der Waals surface area contributed by atoms with Crippen LogP contribution in [0, 0.1) is 29.3 Å². The van der Waals surface area contributed by atoms with Gasteiger partial charge in [-0.25, -0.2) is 13.2 Å². The Morgan fingerprint density at radius 2 is 1.88 bits per heavy atom. The molecule has 0 unspecified atom stereocenters. The predicted molar refractivity (Wildman–Crippen MR) is 107 cm³/mol. The Kier molecular flexibility index (Phi) is 6.23. The Balaban J connectivity index is 1.46. The van der Waals surface area contributed by atoms with Crippen molar-refractivity contribution in [3.63, 3.8) is 0 Å². The molecule has 2 aliphatic rings. The number of aliphatic carboxylic acids is 1. The van der Waals surface area contributed by atoms with Gasteiger partial charge in [0.1, 0.15) is 17.5 Å². The van der Waals surface area contributed by atoms with Crippen LogP contribution in [0.1, 0.15) is 43.1 Å². The van der Waals surface area contributed by atoms with Gasteiger partial charge >= 0.3 is 5.97 Å². The standard InChI is InChI=1S/C22H24F3N3O4/c1-11-3-2-4-18(11)28-6-5-16(13(10-28)22(30)31)26-21(29)17-9-19(32-27-17)20-14(24)7-12(23)8-15(20)25/h7-9,11,13,16,18H,2-6,10H2,1H3,(H,26,29)(H,30,31)/t11-,13+,16+,18+/m1/s1. The summed E-state index contributed by atoms with van der Waals surface area (Å²) >= 11 is 0. The number of piperidine rings is 1. The van der Waals surface area contributed by atoms with Crippen LogP contribution in [-0.2, 0) is 4.79 Å². The molecule has 0 spiro atoms. The number of carbonyl (C=O) groups excluding carboxylic acids is 1. The molecular formula is C22H24F3N3O4. The lowest BCUT2D eigenvalue weighted by molar-refractivity contribution is -0.145. The molecule has 0 bridgehead atoms. The Hall–Kier alpha value is -2.88. The van der Waals surface area contributed by atoms with Gasteiger partial charge < -0.3 is 14.9 Å². The molecule has 1 aromatic carbocycles. The zero-order chi connectivity index (χ0) is 23.0. The number of amides is 1. The average Bonchev–Trinajstić information content (AvgIpc) is 3.37. The third-order valence-electron chi connectivity index (χ3n) is 6.56. The number of likely N-dealkylation sites (tertiary alicyclic amines) is 1.